The van der Waals surface area contributed by atoms with E-state index in [1.54, 1.807) is 0 Å². The van der Waals surface area contributed by atoms with Crippen LogP contribution in [0.2, 0.25) is 5.02 Å². The number of halogens is 2. The molecule has 0 fully saturated rings. The maximum atomic E-state index is 13.8. The maximum absolute atomic E-state index is 13.8. The quantitative estimate of drug-likeness (QED) is 0.554. The third-order valence-corrected chi connectivity index (χ3v) is 9.45. The molecule has 2 aromatic rings. The van der Waals surface area contributed by atoms with Crippen molar-refractivity contribution < 1.29 is 31.1 Å². The number of aliphatic hydroxyl groups excluding tert-OH is 1. The van der Waals surface area contributed by atoms with E-state index in [9.17, 15) is 31.1 Å². The number of carbonyl (C=O) groups is 1. The molecule has 4 rings (SSSR count). The van der Waals surface area contributed by atoms with Gasteiger partial charge in [-0.05, 0) is 28.7 Å². The van der Waals surface area contributed by atoms with Crippen LogP contribution in [-0.2, 0) is 37.9 Å². The second-order valence-electron chi connectivity index (χ2n) is 10.4. The van der Waals surface area contributed by atoms with E-state index in [1.807, 2.05) is 20.8 Å². The molecule has 0 saturated heterocycles. The highest BCUT2D eigenvalue weighted by atomic mass is 35.5. The van der Waals surface area contributed by atoms with Crippen LogP contribution in [0.1, 0.15) is 37.5 Å². The molecule has 0 aromatic heterocycles. The molecule has 9 nitrogen and oxygen atoms in total. The lowest BCUT2D eigenvalue weighted by Gasteiger charge is -2.35. The zero-order valence-corrected chi connectivity index (χ0v) is 23.7. The van der Waals surface area contributed by atoms with E-state index in [0.717, 1.165) is 10.6 Å². The van der Waals surface area contributed by atoms with Gasteiger partial charge in [-0.3, -0.25) is 4.79 Å². The molecule has 0 bridgehead atoms. The van der Waals surface area contributed by atoms with Crippen molar-refractivity contribution in [3.8, 4) is 0 Å². The second kappa shape index (κ2) is 9.44. The molecule has 2 aliphatic heterocycles. The van der Waals surface area contributed by atoms with Crippen LogP contribution < -0.4 is 0 Å². The number of hydrogen-bond acceptors (Lipinski definition) is 6. The van der Waals surface area contributed by atoms with E-state index in [4.69, 9.17) is 11.6 Å². The van der Waals surface area contributed by atoms with Gasteiger partial charge >= 0.3 is 0 Å². The predicted molar refractivity (Wildman–Crippen MR) is 141 cm³/mol. The molecule has 0 saturated carbocycles. The lowest BCUT2D eigenvalue weighted by Crippen LogP contribution is -2.43. The normalized spacial score (nSPS) is 19.4. The van der Waals surface area contributed by atoms with Gasteiger partial charge in [0, 0.05) is 25.7 Å². The fraction of sp³-hybridized carbons (Fsp3) is 0.360. The van der Waals surface area contributed by atoms with Gasteiger partial charge in [-0.15, -0.1) is 0 Å². The highest BCUT2D eigenvalue weighted by Crippen LogP contribution is 2.41. The first-order valence-electron chi connectivity index (χ1n) is 11.5. The van der Waals surface area contributed by atoms with Crippen molar-refractivity contribution in [3.63, 3.8) is 0 Å². The lowest BCUT2D eigenvalue weighted by molar-refractivity contribution is -0.129. The molecule has 0 radical (unpaired) electrons. The summed E-state index contributed by atoms with van der Waals surface area (Å²) in [6.07, 6.45) is 1.00. The molecule has 204 valence electrons. The molecule has 0 unspecified atom stereocenters. The summed E-state index contributed by atoms with van der Waals surface area (Å²) in [4.78, 5) is 14.9. The molecule has 0 aliphatic carbocycles. The zero-order chi connectivity index (χ0) is 28.4. The molecule has 0 spiro atoms. The first kappa shape index (κ1) is 28.2. The second-order valence-corrected chi connectivity index (χ2v) is 14.5. The summed E-state index contributed by atoms with van der Waals surface area (Å²) in [6, 6.07) is 7.67. The molecule has 1 N–H and O–H groups in total. The summed E-state index contributed by atoms with van der Waals surface area (Å²) < 4.78 is 68.8. The van der Waals surface area contributed by atoms with Crippen LogP contribution in [0.3, 0.4) is 0 Å². The van der Waals surface area contributed by atoms with Gasteiger partial charge in [0.1, 0.15) is 27.8 Å². The molecule has 2 heterocycles. The monoisotopic (exact) mass is 583 g/mol. The number of rotatable bonds is 6. The summed E-state index contributed by atoms with van der Waals surface area (Å²) in [5.74, 6) is -1.60. The van der Waals surface area contributed by atoms with Gasteiger partial charge in [0.05, 0.1) is 17.3 Å². The topological polar surface area (TPSA) is 124 Å². The van der Waals surface area contributed by atoms with Gasteiger partial charge < -0.3 is 10.0 Å². The van der Waals surface area contributed by atoms with E-state index >= 15 is 0 Å². The maximum Gasteiger partial charge on any atom is 0.283 e. The third kappa shape index (κ3) is 4.97. The number of aliphatic hydroxyl groups is 1. The summed E-state index contributed by atoms with van der Waals surface area (Å²) in [7, 11) is -6.60. The first-order valence-corrected chi connectivity index (χ1v) is 15.2. The molecule has 1 amide bonds. The van der Waals surface area contributed by atoms with Crippen LogP contribution >= 0.6 is 11.6 Å². The van der Waals surface area contributed by atoms with Gasteiger partial charge in [0.2, 0.25) is 10.0 Å². The predicted octanol–water partition coefficient (Wildman–Crippen LogP) is 3.63. The Balaban J connectivity index is 1.82. The van der Waals surface area contributed by atoms with Crippen molar-refractivity contribution in [2.24, 2.45) is 9.81 Å². The number of benzene rings is 2. The van der Waals surface area contributed by atoms with Crippen LogP contribution in [-0.4, -0.2) is 62.1 Å². The summed E-state index contributed by atoms with van der Waals surface area (Å²) in [5, 5.41) is 11.2. The van der Waals surface area contributed by atoms with Crippen molar-refractivity contribution >= 4 is 43.3 Å². The Bertz CT molecular complexity index is 1630. The standard InChI is InChI=1S/C25H27ClFN3O6S2/c1-25(2,3)23-21(31)19(24(32)30(23)12-14-9-10-18(27)17(26)11-14)20-16-8-6-7-15(13-29(4)37(5,33)34)22(16)38(35,36)28-20/h6-11,23,31H,12-13H2,1-5H3/t23-/m1/s1. The molecular weight excluding hydrogens is 557 g/mol. The largest absolute Gasteiger partial charge is 0.509 e. The van der Waals surface area contributed by atoms with Crippen LogP contribution in [0, 0.1) is 11.2 Å². The molecule has 2 aliphatic rings. The Kier molecular flexibility index (Phi) is 7.01. The van der Waals surface area contributed by atoms with Crippen LogP contribution in [0.5, 0.6) is 0 Å². The van der Waals surface area contributed by atoms with Crippen molar-refractivity contribution in [3.05, 3.63) is 75.3 Å². The van der Waals surface area contributed by atoms with Gasteiger partial charge in [0.15, 0.2) is 0 Å². The summed E-state index contributed by atoms with van der Waals surface area (Å²) in [6.45, 7) is 5.19. The van der Waals surface area contributed by atoms with Crippen LogP contribution in [0.15, 0.2) is 57.0 Å². The van der Waals surface area contributed by atoms with E-state index in [0.29, 0.717) is 5.56 Å². The highest BCUT2D eigenvalue weighted by Gasteiger charge is 2.49. The number of hydrogen-bond donors (Lipinski definition) is 1. The molecule has 38 heavy (non-hydrogen) atoms. The molecule has 13 heteroatoms. The molecule has 2 aromatic carbocycles. The summed E-state index contributed by atoms with van der Waals surface area (Å²) in [5.41, 5.74) is -0.343. The van der Waals surface area contributed by atoms with Gasteiger partial charge in [0.25, 0.3) is 15.9 Å². The number of nitrogens with zero attached hydrogens (tertiary/aromatic N) is 3. The van der Waals surface area contributed by atoms with E-state index in [1.165, 1.54) is 48.3 Å². The summed E-state index contributed by atoms with van der Waals surface area (Å²) >= 11 is 5.92. The number of carbonyl (C=O) groups excluding carboxylic acids is 1. The lowest BCUT2D eigenvalue weighted by atomic mass is 9.84. The highest BCUT2D eigenvalue weighted by molar-refractivity contribution is 7.91. The fourth-order valence-corrected chi connectivity index (χ4v) is 6.71. The van der Waals surface area contributed by atoms with Crippen LogP contribution in [0.4, 0.5) is 4.39 Å². The smallest absolute Gasteiger partial charge is 0.283 e. The number of sulfonamides is 2. The Morgan fingerprint density at radius 2 is 1.87 bits per heavy atom. The van der Waals surface area contributed by atoms with Crippen molar-refractivity contribution in [2.75, 3.05) is 13.3 Å². The zero-order valence-electron chi connectivity index (χ0n) is 21.4. The van der Waals surface area contributed by atoms with Crippen molar-refractivity contribution in [1.82, 2.24) is 9.21 Å². The Hall–Kier alpha value is -2.80. The fourth-order valence-electron chi connectivity index (χ4n) is 4.71. The SMILES string of the molecule is CN(Cc1cccc2c1S(=O)(=O)N=C2C1=C(O)[C@H](C(C)(C)C)N(Cc2ccc(F)c(Cl)c2)C1=O)S(C)(=O)=O. The average Bonchev–Trinajstić information content (AvgIpc) is 3.19. The van der Waals surface area contributed by atoms with Gasteiger partial charge in [-0.1, -0.05) is 56.6 Å². The average molecular weight is 584 g/mol. The minimum atomic E-state index is -4.31. The van der Waals surface area contributed by atoms with Gasteiger partial charge in [-0.25, -0.2) is 17.1 Å². The minimum absolute atomic E-state index is 0.0274. The Labute approximate surface area is 226 Å². The molecular formula is C25H27ClFN3O6S2. The number of amides is 1. The first-order chi connectivity index (χ1) is 17.4. The minimum Gasteiger partial charge on any atom is -0.509 e. The van der Waals surface area contributed by atoms with Crippen molar-refractivity contribution in [1.29, 1.82) is 0 Å². The van der Waals surface area contributed by atoms with Gasteiger partial charge in [-0.2, -0.15) is 12.8 Å². The third-order valence-electron chi connectivity index (χ3n) is 6.48. The molecule has 1 atom stereocenters. The Morgan fingerprint density at radius 1 is 1.21 bits per heavy atom. The van der Waals surface area contributed by atoms with Crippen LogP contribution in [0.25, 0.3) is 0 Å². The van der Waals surface area contributed by atoms with Crippen molar-refractivity contribution in [2.45, 2.75) is 44.8 Å². The Morgan fingerprint density at radius 3 is 2.45 bits per heavy atom. The van der Waals surface area contributed by atoms with E-state index < -0.39 is 43.2 Å². The van der Waals surface area contributed by atoms with E-state index in [2.05, 4.69) is 4.40 Å². The van der Waals surface area contributed by atoms with E-state index in [-0.39, 0.29) is 51.2 Å². The number of fused-ring (bicyclic) bond motifs is 1.